The molecule has 0 radical (unpaired) electrons. The van der Waals surface area contributed by atoms with E-state index in [1.807, 2.05) is 57.5 Å². The summed E-state index contributed by atoms with van der Waals surface area (Å²) in [6.07, 6.45) is -0.444. The van der Waals surface area contributed by atoms with Crippen LogP contribution >= 0.6 is 11.3 Å². The molecule has 7 nitrogen and oxygen atoms in total. The summed E-state index contributed by atoms with van der Waals surface area (Å²) in [5.74, 6) is -0.396. The van der Waals surface area contributed by atoms with Crippen LogP contribution in [0.5, 0.6) is 0 Å². The average molecular weight is 445 g/mol. The normalized spacial score (nSPS) is 20.0. The van der Waals surface area contributed by atoms with E-state index >= 15 is 0 Å². The van der Waals surface area contributed by atoms with Gasteiger partial charge in [0.25, 0.3) is 0 Å². The fourth-order valence-corrected chi connectivity index (χ4v) is 4.87. The second-order valence-corrected chi connectivity index (χ2v) is 10.0. The van der Waals surface area contributed by atoms with E-state index in [0.717, 1.165) is 21.7 Å². The van der Waals surface area contributed by atoms with Crippen molar-refractivity contribution in [2.24, 2.45) is 5.41 Å². The highest BCUT2D eigenvalue weighted by Gasteiger charge is 2.43. The van der Waals surface area contributed by atoms with Crippen molar-refractivity contribution < 1.29 is 14.7 Å². The second-order valence-electron chi connectivity index (χ2n) is 9.17. The predicted octanol–water partition coefficient (Wildman–Crippen LogP) is 2.33. The van der Waals surface area contributed by atoms with Crippen molar-refractivity contribution in [2.75, 3.05) is 13.6 Å². The number of carbonyl (C=O) groups is 2. The minimum Gasteiger partial charge on any atom is -0.391 e. The lowest BCUT2D eigenvalue weighted by Crippen LogP contribution is -2.55. The van der Waals surface area contributed by atoms with E-state index < -0.39 is 18.2 Å². The van der Waals surface area contributed by atoms with Crippen LogP contribution < -0.4 is 10.6 Å². The van der Waals surface area contributed by atoms with Gasteiger partial charge in [0, 0.05) is 19.5 Å². The third-order valence-corrected chi connectivity index (χ3v) is 6.67. The first-order chi connectivity index (χ1) is 14.6. The summed E-state index contributed by atoms with van der Waals surface area (Å²) in [6, 6.07) is 6.92. The van der Waals surface area contributed by atoms with E-state index in [1.165, 1.54) is 4.90 Å². The van der Waals surface area contributed by atoms with Crippen LogP contribution in [0.4, 0.5) is 0 Å². The zero-order valence-corrected chi connectivity index (χ0v) is 19.6. The third-order valence-electron chi connectivity index (χ3n) is 5.69. The maximum Gasteiger partial charge on any atom is 0.243 e. The number of β-amino-alcohol motifs (C(OH)–C–C–N with tert-alkyl or cyclic N) is 1. The fourth-order valence-electron chi connectivity index (χ4n) is 4.06. The number of thiazole rings is 1. The van der Waals surface area contributed by atoms with E-state index in [2.05, 4.69) is 15.6 Å². The Hall–Kier alpha value is -2.29. The molecule has 1 fully saturated rings. The van der Waals surface area contributed by atoms with Crippen LogP contribution in [0.25, 0.3) is 10.4 Å². The highest BCUT2D eigenvalue weighted by atomic mass is 32.1. The van der Waals surface area contributed by atoms with Crippen molar-refractivity contribution in [3.05, 3.63) is 41.0 Å². The smallest absolute Gasteiger partial charge is 0.243 e. The molecule has 1 saturated heterocycles. The van der Waals surface area contributed by atoms with E-state index in [4.69, 9.17) is 0 Å². The Morgan fingerprint density at radius 3 is 2.52 bits per heavy atom. The molecule has 1 aromatic heterocycles. The highest BCUT2D eigenvalue weighted by Crippen LogP contribution is 2.28. The topological polar surface area (TPSA) is 94.6 Å². The van der Waals surface area contributed by atoms with E-state index in [-0.39, 0.29) is 30.2 Å². The molecule has 2 amide bonds. The van der Waals surface area contributed by atoms with Gasteiger partial charge in [0.2, 0.25) is 11.8 Å². The molecule has 3 atom stereocenters. The molecule has 1 aromatic carbocycles. The van der Waals surface area contributed by atoms with Crippen LogP contribution in [0.1, 0.15) is 38.4 Å². The number of aryl methyl sites for hydroxylation is 1. The van der Waals surface area contributed by atoms with Gasteiger partial charge in [-0.25, -0.2) is 4.98 Å². The van der Waals surface area contributed by atoms with Gasteiger partial charge in [-0.15, -0.1) is 11.3 Å². The number of benzene rings is 1. The van der Waals surface area contributed by atoms with Crippen LogP contribution in [0.3, 0.4) is 0 Å². The molecule has 0 spiro atoms. The Labute approximate surface area is 187 Å². The largest absolute Gasteiger partial charge is 0.391 e. The predicted molar refractivity (Wildman–Crippen MR) is 123 cm³/mol. The summed E-state index contributed by atoms with van der Waals surface area (Å²) >= 11 is 1.61. The summed E-state index contributed by atoms with van der Waals surface area (Å²) < 4.78 is 0. The van der Waals surface area contributed by atoms with E-state index in [0.29, 0.717) is 6.54 Å². The first kappa shape index (κ1) is 23.4. The van der Waals surface area contributed by atoms with Crippen molar-refractivity contribution in [2.45, 2.75) is 58.8 Å². The number of likely N-dealkylation sites (tertiary alicyclic amines) is 1. The SMILES string of the molecule is CN[C@@H](C(=O)N1C[C@H](O)C[C@H]1C(=O)NCc1ccc(-c2scnc2C)cc1)C(C)(C)C. The minimum absolute atomic E-state index is 0.156. The molecule has 0 unspecified atom stereocenters. The number of aliphatic hydroxyl groups is 1. The van der Waals surface area contributed by atoms with Gasteiger partial charge in [-0.3, -0.25) is 9.59 Å². The fraction of sp³-hybridized carbons (Fsp3) is 0.522. The van der Waals surface area contributed by atoms with Crippen LogP contribution in [0.15, 0.2) is 29.8 Å². The van der Waals surface area contributed by atoms with Crippen LogP contribution in [-0.2, 0) is 16.1 Å². The minimum atomic E-state index is -0.695. The quantitative estimate of drug-likeness (QED) is 0.636. The number of hydrogen-bond acceptors (Lipinski definition) is 6. The third kappa shape index (κ3) is 5.31. The molecule has 1 aliphatic rings. The molecular weight excluding hydrogens is 412 g/mol. The van der Waals surface area contributed by atoms with Gasteiger partial charge in [-0.05, 0) is 30.5 Å². The number of hydrogen-bond donors (Lipinski definition) is 3. The maximum absolute atomic E-state index is 13.1. The summed E-state index contributed by atoms with van der Waals surface area (Å²) in [6.45, 7) is 8.46. The maximum atomic E-state index is 13.1. The lowest BCUT2D eigenvalue weighted by Gasteiger charge is -2.34. The van der Waals surface area contributed by atoms with Crippen molar-refractivity contribution in [3.63, 3.8) is 0 Å². The Morgan fingerprint density at radius 2 is 1.97 bits per heavy atom. The number of likely N-dealkylation sites (N-methyl/N-ethyl adjacent to an activating group) is 1. The molecule has 31 heavy (non-hydrogen) atoms. The standard InChI is InChI=1S/C23H32N4O3S/c1-14-19(31-13-26-14)16-8-6-15(7-9-16)11-25-21(29)18-10-17(28)12-27(18)22(30)20(24-5)23(2,3)4/h6-9,13,17-18,20,24,28H,10-12H2,1-5H3,(H,25,29)/t17-,18+,20+/m1/s1. The van der Waals surface area contributed by atoms with Crippen molar-refractivity contribution in [1.29, 1.82) is 0 Å². The van der Waals surface area contributed by atoms with Gasteiger partial charge < -0.3 is 20.6 Å². The highest BCUT2D eigenvalue weighted by molar-refractivity contribution is 7.13. The second kappa shape index (κ2) is 9.46. The zero-order valence-electron chi connectivity index (χ0n) is 18.8. The van der Waals surface area contributed by atoms with Crippen LogP contribution in [0, 0.1) is 12.3 Å². The van der Waals surface area contributed by atoms with Crippen LogP contribution in [-0.4, -0.2) is 58.6 Å². The first-order valence-corrected chi connectivity index (χ1v) is 11.4. The number of carbonyl (C=O) groups excluding carboxylic acids is 2. The molecule has 0 saturated carbocycles. The van der Waals surface area contributed by atoms with Crippen molar-refractivity contribution in [1.82, 2.24) is 20.5 Å². The summed E-state index contributed by atoms with van der Waals surface area (Å²) in [4.78, 5) is 32.9. The zero-order chi connectivity index (χ0) is 22.8. The Kier molecular flexibility index (Phi) is 7.13. The number of nitrogens with one attached hydrogen (secondary N) is 2. The lowest BCUT2D eigenvalue weighted by atomic mass is 9.86. The molecule has 3 rings (SSSR count). The molecule has 2 aromatic rings. The van der Waals surface area contributed by atoms with Gasteiger partial charge in [0.05, 0.1) is 28.2 Å². The molecule has 0 aliphatic carbocycles. The summed E-state index contributed by atoms with van der Waals surface area (Å²) in [5, 5.41) is 16.2. The number of rotatable bonds is 6. The van der Waals surface area contributed by atoms with Gasteiger partial charge in [0.15, 0.2) is 0 Å². The van der Waals surface area contributed by atoms with Crippen LogP contribution in [0.2, 0.25) is 0 Å². The molecule has 8 heteroatoms. The average Bonchev–Trinajstić information content (AvgIpc) is 3.31. The van der Waals surface area contributed by atoms with Gasteiger partial charge in [-0.2, -0.15) is 0 Å². The number of aromatic nitrogens is 1. The number of aliphatic hydroxyl groups excluding tert-OH is 1. The van der Waals surface area contributed by atoms with Crippen molar-refractivity contribution >= 4 is 23.2 Å². The van der Waals surface area contributed by atoms with Gasteiger partial charge >= 0.3 is 0 Å². The van der Waals surface area contributed by atoms with Crippen molar-refractivity contribution in [3.8, 4) is 10.4 Å². The van der Waals surface area contributed by atoms with E-state index in [1.54, 1.807) is 18.4 Å². The van der Waals surface area contributed by atoms with Gasteiger partial charge in [-0.1, -0.05) is 45.0 Å². The van der Waals surface area contributed by atoms with Gasteiger partial charge in [0.1, 0.15) is 6.04 Å². The molecule has 168 valence electrons. The number of nitrogens with zero attached hydrogens (tertiary/aromatic N) is 2. The monoisotopic (exact) mass is 444 g/mol. The Balaban J connectivity index is 1.65. The molecule has 0 bridgehead atoms. The first-order valence-electron chi connectivity index (χ1n) is 10.5. The lowest BCUT2D eigenvalue weighted by molar-refractivity contribution is -0.142. The van der Waals surface area contributed by atoms with E-state index in [9.17, 15) is 14.7 Å². The molecule has 2 heterocycles. The summed E-state index contributed by atoms with van der Waals surface area (Å²) in [5.41, 5.74) is 4.61. The molecular formula is C23H32N4O3S. The number of amides is 2. The Morgan fingerprint density at radius 1 is 1.29 bits per heavy atom. The summed E-state index contributed by atoms with van der Waals surface area (Å²) in [7, 11) is 1.74. The molecule has 1 aliphatic heterocycles. The molecule has 3 N–H and O–H groups in total. The Bertz CT molecular complexity index is 920.